The van der Waals surface area contributed by atoms with E-state index in [0.29, 0.717) is 6.04 Å². The third kappa shape index (κ3) is 3.68. The van der Waals surface area contributed by atoms with Gasteiger partial charge in [0.25, 0.3) is 0 Å². The molecule has 0 saturated carbocycles. The number of likely N-dealkylation sites (tertiary alicyclic amines) is 1. The van der Waals surface area contributed by atoms with Gasteiger partial charge in [0.1, 0.15) is 12.1 Å². The standard InChI is InChI=1S/C19H28N6/c1-14-11-19(21-13-20-14)22-15-7-9-25(10-8-15)12-18-16-5-3-4-6-17(16)23-24(18)2/h11,13,15H,3-10,12H2,1-2H3,(H,20,21,22). The van der Waals surface area contributed by atoms with E-state index >= 15 is 0 Å². The molecule has 1 N–H and O–H groups in total. The number of anilines is 1. The van der Waals surface area contributed by atoms with E-state index in [2.05, 4.69) is 31.9 Å². The van der Waals surface area contributed by atoms with Gasteiger partial charge < -0.3 is 5.32 Å². The Hall–Kier alpha value is -1.95. The molecule has 0 radical (unpaired) electrons. The van der Waals surface area contributed by atoms with E-state index < -0.39 is 0 Å². The van der Waals surface area contributed by atoms with Gasteiger partial charge in [-0.25, -0.2) is 9.97 Å². The van der Waals surface area contributed by atoms with Crippen LogP contribution >= 0.6 is 0 Å². The Morgan fingerprint density at radius 1 is 1.16 bits per heavy atom. The Bertz CT molecular complexity index is 730. The summed E-state index contributed by atoms with van der Waals surface area (Å²) in [5.41, 5.74) is 5.33. The van der Waals surface area contributed by atoms with E-state index in [4.69, 9.17) is 5.10 Å². The molecule has 1 aliphatic heterocycles. The summed E-state index contributed by atoms with van der Waals surface area (Å²) < 4.78 is 2.13. The average Bonchev–Trinajstić information content (AvgIpc) is 2.92. The summed E-state index contributed by atoms with van der Waals surface area (Å²) in [4.78, 5) is 11.1. The van der Waals surface area contributed by atoms with Crippen LogP contribution in [0.5, 0.6) is 0 Å². The molecule has 1 aliphatic carbocycles. The zero-order valence-corrected chi connectivity index (χ0v) is 15.3. The highest BCUT2D eigenvalue weighted by atomic mass is 15.3. The van der Waals surface area contributed by atoms with Crippen molar-refractivity contribution in [2.75, 3.05) is 18.4 Å². The second-order valence-electron chi connectivity index (χ2n) is 7.44. The van der Waals surface area contributed by atoms with Crippen LogP contribution in [0.1, 0.15) is 48.3 Å². The van der Waals surface area contributed by atoms with E-state index in [-0.39, 0.29) is 0 Å². The first-order chi connectivity index (χ1) is 12.2. The topological polar surface area (TPSA) is 58.9 Å². The molecule has 25 heavy (non-hydrogen) atoms. The Kier molecular flexibility index (Phi) is 4.70. The van der Waals surface area contributed by atoms with Crippen LogP contribution in [0, 0.1) is 6.92 Å². The predicted octanol–water partition coefficient (Wildman–Crippen LogP) is 2.47. The fourth-order valence-electron chi connectivity index (χ4n) is 4.13. The predicted molar refractivity (Wildman–Crippen MR) is 98.5 cm³/mol. The summed E-state index contributed by atoms with van der Waals surface area (Å²) in [6, 6.07) is 2.53. The molecule has 1 fully saturated rings. The van der Waals surface area contributed by atoms with Crippen LogP contribution in [-0.4, -0.2) is 43.8 Å². The number of aromatic nitrogens is 4. The van der Waals surface area contributed by atoms with Gasteiger partial charge in [-0.15, -0.1) is 0 Å². The van der Waals surface area contributed by atoms with E-state index in [9.17, 15) is 0 Å². The summed E-state index contributed by atoms with van der Waals surface area (Å²) >= 11 is 0. The fraction of sp³-hybridized carbons (Fsp3) is 0.632. The largest absolute Gasteiger partial charge is 0.367 e. The molecule has 1 saturated heterocycles. The minimum atomic E-state index is 0.506. The minimum absolute atomic E-state index is 0.506. The van der Waals surface area contributed by atoms with Crippen molar-refractivity contribution in [3.63, 3.8) is 0 Å². The van der Waals surface area contributed by atoms with Crippen molar-refractivity contribution in [1.82, 2.24) is 24.6 Å². The van der Waals surface area contributed by atoms with Gasteiger partial charge in [-0.3, -0.25) is 9.58 Å². The van der Waals surface area contributed by atoms with Gasteiger partial charge in [-0.1, -0.05) is 0 Å². The molecule has 6 heteroatoms. The van der Waals surface area contributed by atoms with Crippen LogP contribution in [0.2, 0.25) is 0 Å². The Labute approximate surface area is 149 Å². The molecule has 0 bridgehead atoms. The highest BCUT2D eigenvalue weighted by molar-refractivity contribution is 5.35. The second-order valence-corrected chi connectivity index (χ2v) is 7.44. The maximum atomic E-state index is 4.76. The van der Waals surface area contributed by atoms with Crippen molar-refractivity contribution < 1.29 is 0 Å². The van der Waals surface area contributed by atoms with Crippen LogP contribution in [0.25, 0.3) is 0 Å². The lowest BCUT2D eigenvalue weighted by Crippen LogP contribution is -2.39. The van der Waals surface area contributed by atoms with Crippen molar-refractivity contribution in [3.05, 3.63) is 35.0 Å². The summed E-state index contributed by atoms with van der Waals surface area (Å²) in [5.74, 6) is 0.951. The summed E-state index contributed by atoms with van der Waals surface area (Å²) in [5, 5.41) is 8.33. The first-order valence-electron chi connectivity index (χ1n) is 9.50. The van der Waals surface area contributed by atoms with Crippen LogP contribution in [-0.2, 0) is 26.4 Å². The SMILES string of the molecule is Cc1cc(NC2CCN(Cc3c4c(nn3C)CCCC4)CC2)ncn1. The first kappa shape index (κ1) is 16.5. The molecule has 0 amide bonds. The van der Waals surface area contributed by atoms with Gasteiger partial charge in [-0.05, 0) is 51.0 Å². The molecule has 2 aromatic heterocycles. The molecule has 0 aromatic carbocycles. The third-order valence-corrected chi connectivity index (χ3v) is 5.57. The minimum Gasteiger partial charge on any atom is -0.367 e. The molecule has 134 valence electrons. The maximum absolute atomic E-state index is 4.76. The first-order valence-corrected chi connectivity index (χ1v) is 9.50. The zero-order valence-electron chi connectivity index (χ0n) is 15.3. The van der Waals surface area contributed by atoms with E-state index in [1.807, 2.05) is 13.0 Å². The number of piperidine rings is 1. The quantitative estimate of drug-likeness (QED) is 0.926. The van der Waals surface area contributed by atoms with Gasteiger partial charge in [0, 0.05) is 44.5 Å². The third-order valence-electron chi connectivity index (χ3n) is 5.57. The number of rotatable bonds is 4. The lowest BCUT2D eigenvalue weighted by atomic mass is 9.95. The maximum Gasteiger partial charge on any atom is 0.129 e. The molecule has 2 aromatic rings. The van der Waals surface area contributed by atoms with Crippen molar-refractivity contribution in [2.24, 2.45) is 7.05 Å². The molecular formula is C19H28N6. The van der Waals surface area contributed by atoms with E-state index in [1.54, 1.807) is 6.33 Å². The van der Waals surface area contributed by atoms with Crippen LogP contribution in [0.4, 0.5) is 5.82 Å². The Balaban J connectivity index is 1.34. The van der Waals surface area contributed by atoms with Crippen molar-refractivity contribution in [1.29, 1.82) is 0 Å². The average molecular weight is 340 g/mol. The number of nitrogens with one attached hydrogen (secondary N) is 1. The molecule has 3 heterocycles. The van der Waals surface area contributed by atoms with Gasteiger partial charge in [-0.2, -0.15) is 5.10 Å². The molecular weight excluding hydrogens is 312 g/mol. The van der Waals surface area contributed by atoms with E-state index in [1.165, 1.54) is 36.2 Å². The number of hydrogen-bond acceptors (Lipinski definition) is 5. The summed E-state index contributed by atoms with van der Waals surface area (Å²) in [6.45, 7) is 5.30. The number of hydrogen-bond donors (Lipinski definition) is 1. The smallest absolute Gasteiger partial charge is 0.129 e. The highest BCUT2D eigenvalue weighted by Gasteiger charge is 2.24. The Morgan fingerprint density at radius 2 is 1.96 bits per heavy atom. The van der Waals surface area contributed by atoms with E-state index in [0.717, 1.165) is 50.4 Å². The van der Waals surface area contributed by atoms with Crippen LogP contribution in [0.15, 0.2) is 12.4 Å². The number of aryl methyl sites for hydroxylation is 3. The molecule has 2 aliphatic rings. The van der Waals surface area contributed by atoms with Crippen LogP contribution < -0.4 is 5.32 Å². The van der Waals surface area contributed by atoms with Gasteiger partial charge in [0.05, 0.1) is 11.4 Å². The number of nitrogens with zero attached hydrogens (tertiary/aromatic N) is 5. The zero-order chi connectivity index (χ0) is 17.2. The summed E-state index contributed by atoms with van der Waals surface area (Å²) in [6.07, 6.45) is 8.93. The van der Waals surface area contributed by atoms with Crippen molar-refractivity contribution in [3.8, 4) is 0 Å². The molecule has 0 spiro atoms. The van der Waals surface area contributed by atoms with Gasteiger partial charge in [0.15, 0.2) is 0 Å². The van der Waals surface area contributed by atoms with Crippen molar-refractivity contribution >= 4 is 5.82 Å². The van der Waals surface area contributed by atoms with Crippen LogP contribution in [0.3, 0.4) is 0 Å². The number of fused-ring (bicyclic) bond motifs is 1. The van der Waals surface area contributed by atoms with Crippen molar-refractivity contribution in [2.45, 2.75) is 58.0 Å². The fourth-order valence-corrected chi connectivity index (χ4v) is 4.13. The monoisotopic (exact) mass is 340 g/mol. The molecule has 0 unspecified atom stereocenters. The lowest BCUT2D eigenvalue weighted by Gasteiger charge is -2.32. The summed E-state index contributed by atoms with van der Waals surface area (Å²) in [7, 11) is 2.11. The molecule has 6 nitrogen and oxygen atoms in total. The molecule has 0 atom stereocenters. The Morgan fingerprint density at radius 3 is 2.76 bits per heavy atom. The second kappa shape index (κ2) is 7.12. The normalized spacial score (nSPS) is 19.0. The highest BCUT2D eigenvalue weighted by Crippen LogP contribution is 2.25. The lowest BCUT2D eigenvalue weighted by molar-refractivity contribution is 0.206. The van der Waals surface area contributed by atoms with Gasteiger partial charge in [0.2, 0.25) is 0 Å². The molecule has 4 rings (SSSR count). The van der Waals surface area contributed by atoms with Gasteiger partial charge >= 0.3 is 0 Å².